The van der Waals surface area contributed by atoms with Gasteiger partial charge < -0.3 is 9.88 Å². The van der Waals surface area contributed by atoms with Gasteiger partial charge in [-0.1, -0.05) is 22.6 Å². The SMILES string of the molecule is Cn1cncc1C(=O)NCCCCI. The fraction of sp³-hybridized carbons (Fsp3) is 0.556. The Morgan fingerprint density at radius 2 is 2.43 bits per heavy atom. The second kappa shape index (κ2) is 6.00. The van der Waals surface area contributed by atoms with E-state index in [2.05, 4.69) is 32.9 Å². The van der Waals surface area contributed by atoms with E-state index in [0.717, 1.165) is 23.8 Å². The van der Waals surface area contributed by atoms with Gasteiger partial charge in [0.25, 0.3) is 5.91 Å². The highest BCUT2D eigenvalue weighted by Gasteiger charge is 2.07. The molecule has 1 aromatic rings. The fourth-order valence-corrected chi connectivity index (χ4v) is 1.63. The largest absolute Gasteiger partial charge is 0.351 e. The molecule has 14 heavy (non-hydrogen) atoms. The van der Waals surface area contributed by atoms with E-state index in [0.29, 0.717) is 5.69 Å². The lowest BCUT2D eigenvalue weighted by atomic mass is 10.3. The maximum Gasteiger partial charge on any atom is 0.269 e. The maximum absolute atomic E-state index is 11.5. The maximum atomic E-state index is 11.5. The zero-order valence-electron chi connectivity index (χ0n) is 8.16. The third kappa shape index (κ3) is 3.28. The molecule has 0 saturated heterocycles. The Balaban J connectivity index is 2.32. The van der Waals surface area contributed by atoms with Gasteiger partial charge in [0.05, 0.1) is 12.5 Å². The lowest BCUT2D eigenvalue weighted by Gasteiger charge is -2.04. The molecule has 1 aromatic heterocycles. The van der Waals surface area contributed by atoms with Gasteiger partial charge in [0.15, 0.2) is 0 Å². The van der Waals surface area contributed by atoms with Crippen LogP contribution in [0.25, 0.3) is 0 Å². The van der Waals surface area contributed by atoms with Crippen molar-refractivity contribution in [2.75, 3.05) is 11.0 Å². The van der Waals surface area contributed by atoms with E-state index < -0.39 is 0 Å². The number of aryl methyl sites for hydroxylation is 1. The van der Waals surface area contributed by atoms with Crippen LogP contribution in [0, 0.1) is 0 Å². The van der Waals surface area contributed by atoms with Crippen LogP contribution >= 0.6 is 22.6 Å². The normalized spacial score (nSPS) is 10.1. The number of nitrogens with one attached hydrogen (secondary N) is 1. The van der Waals surface area contributed by atoms with Crippen LogP contribution in [0.4, 0.5) is 0 Å². The van der Waals surface area contributed by atoms with Crippen molar-refractivity contribution < 1.29 is 4.79 Å². The summed E-state index contributed by atoms with van der Waals surface area (Å²) in [7, 11) is 1.81. The zero-order valence-corrected chi connectivity index (χ0v) is 10.3. The second-order valence-corrected chi connectivity index (χ2v) is 4.12. The van der Waals surface area contributed by atoms with E-state index >= 15 is 0 Å². The zero-order chi connectivity index (χ0) is 10.4. The Morgan fingerprint density at radius 1 is 1.64 bits per heavy atom. The molecule has 1 amide bonds. The van der Waals surface area contributed by atoms with Crippen molar-refractivity contribution in [3.8, 4) is 0 Å². The average Bonchev–Trinajstić information content (AvgIpc) is 2.59. The van der Waals surface area contributed by atoms with Crippen molar-refractivity contribution in [1.29, 1.82) is 0 Å². The minimum Gasteiger partial charge on any atom is -0.351 e. The molecule has 78 valence electrons. The van der Waals surface area contributed by atoms with Gasteiger partial charge in [0.2, 0.25) is 0 Å². The number of amides is 1. The van der Waals surface area contributed by atoms with Crippen molar-refractivity contribution >= 4 is 28.5 Å². The number of imidazole rings is 1. The van der Waals surface area contributed by atoms with Crippen molar-refractivity contribution in [3.63, 3.8) is 0 Å². The molecule has 1 N–H and O–H groups in total. The molecule has 0 unspecified atom stereocenters. The number of halogens is 1. The third-order valence-corrected chi connectivity index (χ3v) is 2.66. The van der Waals surface area contributed by atoms with Gasteiger partial charge in [-0.15, -0.1) is 0 Å². The summed E-state index contributed by atoms with van der Waals surface area (Å²) in [5, 5.41) is 2.86. The van der Waals surface area contributed by atoms with Gasteiger partial charge in [0, 0.05) is 13.6 Å². The van der Waals surface area contributed by atoms with Gasteiger partial charge in [-0.25, -0.2) is 4.98 Å². The van der Waals surface area contributed by atoms with Crippen LogP contribution in [0.2, 0.25) is 0 Å². The summed E-state index contributed by atoms with van der Waals surface area (Å²) < 4.78 is 2.85. The minimum atomic E-state index is -0.0431. The lowest BCUT2D eigenvalue weighted by molar-refractivity contribution is 0.0945. The molecule has 0 aliphatic carbocycles. The first-order valence-electron chi connectivity index (χ1n) is 4.56. The van der Waals surface area contributed by atoms with E-state index in [9.17, 15) is 4.79 Å². The van der Waals surface area contributed by atoms with Crippen LogP contribution in [-0.2, 0) is 7.05 Å². The molecule has 0 aromatic carbocycles. The van der Waals surface area contributed by atoms with Crippen molar-refractivity contribution in [2.45, 2.75) is 12.8 Å². The molecule has 0 aliphatic heterocycles. The molecule has 1 rings (SSSR count). The molecule has 1 heterocycles. The highest BCUT2D eigenvalue weighted by Crippen LogP contribution is 1.97. The number of carbonyl (C=O) groups excluding carboxylic acids is 1. The standard InChI is InChI=1S/C9H14IN3O/c1-13-7-11-6-8(13)9(14)12-5-3-2-4-10/h6-7H,2-5H2,1H3,(H,12,14). The molecule has 0 fully saturated rings. The van der Waals surface area contributed by atoms with Crippen LogP contribution in [0.1, 0.15) is 23.3 Å². The van der Waals surface area contributed by atoms with Crippen LogP contribution in [0.15, 0.2) is 12.5 Å². The van der Waals surface area contributed by atoms with Gasteiger partial charge >= 0.3 is 0 Å². The summed E-state index contributed by atoms with van der Waals surface area (Å²) >= 11 is 2.33. The molecular weight excluding hydrogens is 293 g/mol. The summed E-state index contributed by atoms with van der Waals surface area (Å²) in [6.07, 6.45) is 5.38. The molecule has 0 atom stereocenters. The molecular formula is C9H14IN3O. The number of carbonyl (C=O) groups is 1. The number of aromatic nitrogens is 2. The highest BCUT2D eigenvalue weighted by molar-refractivity contribution is 14.1. The quantitative estimate of drug-likeness (QED) is 0.507. The molecule has 5 heteroatoms. The first-order valence-corrected chi connectivity index (χ1v) is 6.08. The van der Waals surface area contributed by atoms with Gasteiger partial charge in [0.1, 0.15) is 5.69 Å². The lowest BCUT2D eigenvalue weighted by Crippen LogP contribution is -2.26. The molecule has 0 aliphatic rings. The third-order valence-electron chi connectivity index (χ3n) is 1.90. The summed E-state index contributed by atoms with van der Waals surface area (Å²) in [5.74, 6) is -0.0431. The number of rotatable bonds is 5. The average molecular weight is 307 g/mol. The van der Waals surface area contributed by atoms with Crippen LogP contribution < -0.4 is 5.32 Å². The smallest absolute Gasteiger partial charge is 0.269 e. The number of nitrogens with zero attached hydrogens (tertiary/aromatic N) is 2. The van der Waals surface area contributed by atoms with E-state index in [1.165, 1.54) is 0 Å². The molecule has 0 bridgehead atoms. The molecule has 4 nitrogen and oxygen atoms in total. The Morgan fingerprint density at radius 3 is 3.00 bits per heavy atom. The minimum absolute atomic E-state index is 0.0431. The topological polar surface area (TPSA) is 46.9 Å². The Hall–Kier alpha value is -0.590. The predicted molar refractivity (Wildman–Crippen MR) is 63.7 cm³/mol. The summed E-state index contributed by atoms with van der Waals surface area (Å²) in [4.78, 5) is 15.4. The van der Waals surface area contributed by atoms with E-state index in [1.807, 2.05) is 7.05 Å². The monoisotopic (exact) mass is 307 g/mol. The van der Waals surface area contributed by atoms with Crippen molar-refractivity contribution in [1.82, 2.24) is 14.9 Å². The Kier molecular flexibility index (Phi) is 4.92. The van der Waals surface area contributed by atoms with E-state index in [4.69, 9.17) is 0 Å². The molecule has 0 radical (unpaired) electrons. The second-order valence-electron chi connectivity index (χ2n) is 3.04. The van der Waals surface area contributed by atoms with E-state index in [-0.39, 0.29) is 5.91 Å². The van der Waals surface area contributed by atoms with Gasteiger partial charge in [-0.3, -0.25) is 4.79 Å². The fourth-order valence-electron chi connectivity index (χ4n) is 1.09. The number of hydrogen-bond donors (Lipinski definition) is 1. The number of unbranched alkanes of at least 4 members (excludes halogenated alkanes) is 1. The molecule has 0 spiro atoms. The van der Waals surface area contributed by atoms with Crippen LogP contribution in [-0.4, -0.2) is 26.4 Å². The highest BCUT2D eigenvalue weighted by atomic mass is 127. The van der Waals surface area contributed by atoms with Crippen molar-refractivity contribution in [2.24, 2.45) is 7.05 Å². The Bertz CT molecular complexity index is 298. The first-order chi connectivity index (χ1) is 6.75. The molecule has 0 saturated carbocycles. The summed E-state index contributed by atoms with van der Waals surface area (Å²) in [6.45, 7) is 0.743. The van der Waals surface area contributed by atoms with E-state index in [1.54, 1.807) is 17.1 Å². The predicted octanol–water partition coefficient (Wildman–Crippen LogP) is 1.37. The number of alkyl halides is 1. The van der Waals surface area contributed by atoms with Crippen LogP contribution in [0.3, 0.4) is 0 Å². The van der Waals surface area contributed by atoms with Crippen molar-refractivity contribution in [3.05, 3.63) is 18.2 Å². The van der Waals surface area contributed by atoms with Gasteiger partial charge in [-0.2, -0.15) is 0 Å². The summed E-state index contributed by atoms with van der Waals surface area (Å²) in [6, 6.07) is 0. The Labute approximate surface area is 97.2 Å². The summed E-state index contributed by atoms with van der Waals surface area (Å²) in [5.41, 5.74) is 0.611. The number of hydrogen-bond acceptors (Lipinski definition) is 2. The van der Waals surface area contributed by atoms with Crippen LogP contribution in [0.5, 0.6) is 0 Å². The first kappa shape index (κ1) is 11.5. The van der Waals surface area contributed by atoms with Gasteiger partial charge in [-0.05, 0) is 17.3 Å².